The van der Waals surface area contributed by atoms with E-state index in [9.17, 15) is 5.21 Å². The number of nitrogens with two attached hydrogens (primary N) is 1. The maximum absolute atomic E-state index is 11.6. The van der Waals surface area contributed by atoms with E-state index in [1.165, 1.54) is 0 Å². The molecule has 0 bridgehead atoms. The number of nitrogens with zero attached hydrogens (tertiary/aromatic N) is 2. The molecule has 1 aromatic carbocycles. The Bertz CT molecular complexity index is 324. The molecule has 0 spiro atoms. The average molecular weight is 207 g/mol. The van der Waals surface area contributed by atoms with Crippen LogP contribution in [0.25, 0.3) is 0 Å². The number of hydrogen-bond acceptors (Lipinski definition) is 3. The minimum absolute atomic E-state index is 0.120. The summed E-state index contributed by atoms with van der Waals surface area (Å²) in [5.74, 6) is 0. The summed E-state index contributed by atoms with van der Waals surface area (Å²) in [4.78, 5) is 2.23. The van der Waals surface area contributed by atoms with Gasteiger partial charge in [-0.05, 0) is 24.3 Å². The second-order valence-corrected chi connectivity index (χ2v) is 4.32. The lowest BCUT2D eigenvalue weighted by molar-refractivity contribution is -0.861. The Hall–Kier alpha value is -1.26. The third-order valence-corrected chi connectivity index (χ3v) is 2.94. The first kappa shape index (κ1) is 10.3. The van der Waals surface area contributed by atoms with Gasteiger partial charge in [0.1, 0.15) is 0 Å². The van der Waals surface area contributed by atoms with Gasteiger partial charge in [-0.15, -0.1) is 0 Å². The summed E-state index contributed by atoms with van der Waals surface area (Å²) in [5, 5.41) is 11.6. The minimum atomic E-state index is -0.120. The fraction of sp³-hybridized carbons (Fsp3) is 0.455. The van der Waals surface area contributed by atoms with Crippen molar-refractivity contribution < 1.29 is 4.65 Å². The van der Waals surface area contributed by atoms with Gasteiger partial charge in [0, 0.05) is 11.4 Å². The van der Waals surface area contributed by atoms with Crippen LogP contribution in [-0.2, 0) is 0 Å². The van der Waals surface area contributed by atoms with Crippen LogP contribution in [0.1, 0.15) is 0 Å². The van der Waals surface area contributed by atoms with Crippen molar-refractivity contribution in [3.63, 3.8) is 0 Å². The molecule has 0 radical (unpaired) electrons. The molecule has 0 aliphatic carbocycles. The molecule has 82 valence electrons. The van der Waals surface area contributed by atoms with Gasteiger partial charge in [0.15, 0.2) is 0 Å². The molecule has 1 aliphatic rings. The van der Waals surface area contributed by atoms with Gasteiger partial charge in [-0.2, -0.15) is 0 Å². The molecule has 1 aromatic rings. The van der Waals surface area contributed by atoms with E-state index in [1.54, 1.807) is 7.05 Å². The lowest BCUT2D eigenvalue weighted by atomic mass is 10.2. The molecule has 0 atom stereocenters. The van der Waals surface area contributed by atoms with E-state index in [4.69, 9.17) is 5.73 Å². The Morgan fingerprint density at radius 2 is 1.73 bits per heavy atom. The summed E-state index contributed by atoms with van der Waals surface area (Å²) in [6, 6.07) is 7.82. The van der Waals surface area contributed by atoms with Gasteiger partial charge in [0.25, 0.3) is 0 Å². The summed E-state index contributed by atoms with van der Waals surface area (Å²) >= 11 is 0. The molecule has 1 heterocycles. The molecule has 0 aromatic heterocycles. The molecule has 1 aliphatic heterocycles. The predicted octanol–water partition coefficient (Wildman–Crippen LogP) is 1.03. The van der Waals surface area contributed by atoms with Gasteiger partial charge in [-0.3, -0.25) is 0 Å². The Kier molecular flexibility index (Phi) is 2.54. The van der Waals surface area contributed by atoms with Gasteiger partial charge >= 0.3 is 0 Å². The summed E-state index contributed by atoms with van der Waals surface area (Å²) in [5.41, 5.74) is 7.56. The van der Waals surface area contributed by atoms with Crippen molar-refractivity contribution in [2.75, 3.05) is 43.9 Å². The van der Waals surface area contributed by atoms with Crippen LogP contribution in [0, 0.1) is 5.21 Å². The molecular weight excluding hydrogens is 190 g/mol. The first-order valence-corrected chi connectivity index (χ1v) is 5.23. The second kappa shape index (κ2) is 3.72. The van der Waals surface area contributed by atoms with Gasteiger partial charge in [-0.1, -0.05) is 0 Å². The SMILES string of the molecule is C[N+]1([O-])CCN(c2ccc(N)cc2)CC1. The van der Waals surface area contributed by atoms with Crippen LogP contribution < -0.4 is 10.6 Å². The number of hydrogen-bond donors (Lipinski definition) is 1. The van der Waals surface area contributed by atoms with Crippen molar-refractivity contribution in [1.29, 1.82) is 0 Å². The number of benzene rings is 1. The van der Waals surface area contributed by atoms with E-state index in [1.807, 2.05) is 24.3 Å². The number of piperazine rings is 1. The minimum Gasteiger partial charge on any atom is -0.633 e. The number of likely N-dealkylation sites (N-methyl/N-ethyl adjacent to an activating group) is 1. The van der Waals surface area contributed by atoms with Crippen LogP contribution in [0.15, 0.2) is 24.3 Å². The molecule has 1 fully saturated rings. The molecule has 0 amide bonds. The standard InChI is InChI=1S/C11H17N3O/c1-14(15)8-6-13(7-9-14)11-4-2-10(12)3-5-11/h2-5H,6-9,12H2,1H3. The Labute approximate surface area is 90.1 Å². The van der Waals surface area contributed by atoms with Gasteiger partial charge < -0.3 is 20.5 Å². The molecule has 1 saturated heterocycles. The van der Waals surface area contributed by atoms with E-state index in [0.717, 1.165) is 24.5 Å². The lowest BCUT2D eigenvalue weighted by Crippen LogP contribution is -2.53. The molecular formula is C11H17N3O. The Morgan fingerprint density at radius 3 is 2.27 bits per heavy atom. The third-order valence-electron chi connectivity index (χ3n) is 2.94. The van der Waals surface area contributed by atoms with Crippen molar-refractivity contribution in [3.05, 3.63) is 29.5 Å². The predicted molar refractivity (Wildman–Crippen MR) is 62.4 cm³/mol. The maximum atomic E-state index is 11.6. The fourth-order valence-corrected chi connectivity index (χ4v) is 1.83. The average Bonchev–Trinajstić information content (AvgIpc) is 2.20. The van der Waals surface area contributed by atoms with E-state index >= 15 is 0 Å². The fourth-order valence-electron chi connectivity index (χ4n) is 1.83. The van der Waals surface area contributed by atoms with Crippen LogP contribution in [0.5, 0.6) is 0 Å². The van der Waals surface area contributed by atoms with E-state index < -0.39 is 0 Å². The Morgan fingerprint density at radius 1 is 1.20 bits per heavy atom. The van der Waals surface area contributed by atoms with Crippen LogP contribution in [0.2, 0.25) is 0 Å². The molecule has 2 rings (SSSR count). The van der Waals surface area contributed by atoms with Gasteiger partial charge in [0.2, 0.25) is 0 Å². The van der Waals surface area contributed by atoms with Crippen molar-refractivity contribution in [3.8, 4) is 0 Å². The smallest absolute Gasteiger partial charge is 0.0960 e. The van der Waals surface area contributed by atoms with Crippen molar-refractivity contribution in [1.82, 2.24) is 0 Å². The maximum Gasteiger partial charge on any atom is 0.0960 e. The van der Waals surface area contributed by atoms with E-state index in [2.05, 4.69) is 4.90 Å². The number of hydroxylamine groups is 3. The highest BCUT2D eigenvalue weighted by Gasteiger charge is 2.21. The van der Waals surface area contributed by atoms with Crippen molar-refractivity contribution in [2.24, 2.45) is 0 Å². The molecule has 15 heavy (non-hydrogen) atoms. The van der Waals surface area contributed by atoms with Gasteiger partial charge in [-0.25, -0.2) is 0 Å². The first-order chi connectivity index (χ1) is 7.07. The zero-order valence-electron chi connectivity index (χ0n) is 9.02. The molecule has 0 saturated carbocycles. The summed E-state index contributed by atoms with van der Waals surface area (Å²) in [7, 11) is 1.74. The number of nitrogen functional groups attached to an aromatic ring is 1. The van der Waals surface area contributed by atoms with Gasteiger partial charge in [0.05, 0.1) is 33.2 Å². The zero-order chi connectivity index (χ0) is 10.9. The van der Waals surface area contributed by atoms with Crippen LogP contribution >= 0.6 is 0 Å². The van der Waals surface area contributed by atoms with Crippen LogP contribution in [0.3, 0.4) is 0 Å². The summed E-state index contributed by atoms with van der Waals surface area (Å²) in [6.45, 7) is 2.96. The molecule has 2 N–H and O–H groups in total. The lowest BCUT2D eigenvalue weighted by Gasteiger charge is -2.45. The number of quaternary nitrogens is 1. The molecule has 0 unspecified atom stereocenters. The van der Waals surface area contributed by atoms with Crippen LogP contribution in [0.4, 0.5) is 11.4 Å². The second-order valence-electron chi connectivity index (χ2n) is 4.32. The summed E-state index contributed by atoms with van der Waals surface area (Å²) in [6.07, 6.45) is 0. The van der Waals surface area contributed by atoms with Crippen molar-refractivity contribution >= 4 is 11.4 Å². The highest BCUT2D eigenvalue weighted by Crippen LogP contribution is 2.19. The Balaban J connectivity index is 2.04. The zero-order valence-corrected chi connectivity index (χ0v) is 9.02. The quantitative estimate of drug-likeness (QED) is 0.425. The monoisotopic (exact) mass is 207 g/mol. The highest BCUT2D eigenvalue weighted by molar-refractivity contribution is 5.53. The molecule has 4 nitrogen and oxygen atoms in total. The first-order valence-electron chi connectivity index (χ1n) is 5.23. The van der Waals surface area contributed by atoms with E-state index in [0.29, 0.717) is 13.1 Å². The number of anilines is 2. The topological polar surface area (TPSA) is 52.3 Å². The third kappa shape index (κ3) is 2.40. The normalized spacial score (nSPS) is 20.3. The largest absolute Gasteiger partial charge is 0.633 e. The summed E-state index contributed by atoms with van der Waals surface area (Å²) < 4.78 is -0.120. The van der Waals surface area contributed by atoms with Crippen LogP contribution in [-0.4, -0.2) is 37.9 Å². The van der Waals surface area contributed by atoms with E-state index in [-0.39, 0.29) is 4.65 Å². The number of rotatable bonds is 1. The van der Waals surface area contributed by atoms with Crippen molar-refractivity contribution in [2.45, 2.75) is 0 Å². The highest BCUT2D eigenvalue weighted by atomic mass is 16.5. The molecule has 4 heteroatoms.